The molecule has 0 saturated carbocycles. The van der Waals surface area contributed by atoms with E-state index in [-0.39, 0.29) is 18.0 Å². The maximum absolute atomic E-state index is 12.2. The molecule has 0 fully saturated rings. The zero-order chi connectivity index (χ0) is 18.6. The van der Waals surface area contributed by atoms with Gasteiger partial charge >= 0.3 is 0 Å². The molecule has 0 saturated heterocycles. The molecule has 1 N–H and O–H groups in total. The first-order valence-electron chi connectivity index (χ1n) is 8.37. The second-order valence-corrected chi connectivity index (χ2v) is 5.86. The predicted molar refractivity (Wildman–Crippen MR) is 97.8 cm³/mol. The van der Waals surface area contributed by atoms with E-state index >= 15 is 0 Å². The molecule has 0 aliphatic carbocycles. The van der Waals surface area contributed by atoms with Gasteiger partial charge in [-0.3, -0.25) is 14.6 Å². The van der Waals surface area contributed by atoms with Crippen LogP contribution in [-0.2, 0) is 11.3 Å². The van der Waals surface area contributed by atoms with Crippen molar-refractivity contribution >= 4 is 11.6 Å². The standard InChI is InChI=1S/C19H16N4O4/c24-18(21-14-2-1-7-20-11-14)12-23-19(25)6-4-15(22-23)13-3-5-16-17(10-13)27-9-8-26-16/h1-7,10-11H,8-9,12H2,(H,21,24). The van der Waals surface area contributed by atoms with E-state index in [0.29, 0.717) is 36.1 Å². The number of hydrogen-bond acceptors (Lipinski definition) is 6. The highest BCUT2D eigenvalue weighted by Gasteiger charge is 2.14. The Labute approximate surface area is 154 Å². The normalized spacial score (nSPS) is 12.4. The minimum absolute atomic E-state index is 0.202. The van der Waals surface area contributed by atoms with Crippen LogP contribution in [0.1, 0.15) is 0 Å². The monoisotopic (exact) mass is 364 g/mol. The number of aromatic nitrogens is 3. The van der Waals surface area contributed by atoms with E-state index in [2.05, 4.69) is 15.4 Å². The third-order valence-electron chi connectivity index (χ3n) is 3.94. The SMILES string of the molecule is O=C(Cn1nc(-c2ccc3c(c2)OCCO3)ccc1=O)Nc1cccnc1. The molecule has 2 aromatic heterocycles. The van der Waals surface area contributed by atoms with Gasteiger partial charge in [0.05, 0.1) is 17.6 Å². The smallest absolute Gasteiger partial charge is 0.267 e. The van der Waals surface area contributed by atoms with Crippen LogP contribution in [0, 0.1) is 0 Å². The molecule has 0 unspecified atom stereocenters. The summed E-state index contributed by atoms with van der Waals surface area (Å²) in [6.07, 6.45) is 3.14. The van der Waals surface area contributed by atoms with Gasteiger partial charge in [0.2, 0.25) is 5.91 Å². The highest BCUT2D eigenvalue weighted by atomic mass is 16.6. The summed E-state index contributed by atoms with van der Waals surface area (Å²) in [5.74, 6) is 0.943. The average molecular weight is 364 g/mol. The molecule has 0 bridgehead atoms. The van der Waals surface area contributed by atoms with Crippen molar-refractivity contribution in [1.29, 1.82) is 0 Å². The van der Waals surface area contributed by atoms with Crippen LogP contribution in [0.3, 0.4) is 0 Å². The van der Waals surface area contributed by atoms with Gasteiger partial charge in [0.25, 0.3) is 5.56 Å². The largest absolute Gasteiger partial charge is 0.486 e. The second kappa shape index (κ2) is 7.28. The zero-order valence-corrected chi connectivity index (χ0v) is 14.3. The van der Waals surface area contributed by atoms with Crippen LogP contribution < -0.4 is 20.3 Å². The molecule has 8 nitrogen and oxygen atoms in total. The number of carbonyl (C=O) groups is 1. The maximum atomic E-state index is 12.2. The maximum Gasteiger partial charge on any atom is 0.267 e. The molecule has 0 atom stereocenters. The summed E-state index contributed by atoms with van der Waals surface area (Å²) >= 11 is 0. The van der Waals surface area contributed by atoms with Crippen molar-refractivity contribution < 1.29 is 14.3 Å². The number of nitrogens with one attached hydrogen (secondary N) is 1. The van der Waals surface area contributed by atoms with Gasteiger partial charge in [-0.2, -0.15) is 5.10 Å². The number of ether oxygens (including phenoxy) is 2. The quantitative estimate of drug-likeness (QED) is 0.757. The summed E-state index contributed by atoms with van der Waals surface area (Å²) in [4.78, 5) is 28.2. The zero-order valence-electron chi connectivity index (χ0n) is 14.3. The van der Waals surface area contributed by atoms with Crippen molar-refractivity contribution in [2.75, 3.05) is 18.5 Å². The summed E-state index contributed by atoms with van der Waals surface area (Å²) in [6.45, 7) is 0.797. The first-order valence-corrected chi connectivity index (χ1v) is 8.37. The van der Waals surface area contributed by atoms with E-state index < -0.39 is 0 Å². The van der Waals surface area contributed by atoms with Gasteiger partial charge in [-0.1, -0.05) is 0 Å². The van der Waals surface area contributed by atoms with Crippen LogP contribution in [-0.4, -0.2) is 33.9 Å². The van der Waals surface area contributed by atoms with Crippen molar-refractivity contribution in [3.8, 4) is 22.8 Å². The molecule has 1 amide bonds. The Morgan fingerprint density at radius 2 is 1.96 bits per heavy atom. The van der Waals surface area contributed by atoms with Gasteiger partial charge in [-0.25, -0.2) is 4.68 Å². The van der Waals surface area contributed by atoms with Crippen LogP contribution in [0.5, 0.6) is 11.5 Å². The van der Waals surface area contributed by atoms with E-state index in [9.17, 15) is 9.59 Å². The number of amides is 1. The van der Waals surface area contributed by atoms with Crippen molar-refractivity contribution in [2.24, 2.45) is 0 Å². The Morgan fingerprint density at radius 3 is 2.78 bits per heavy atom. The van der Waals surface area contributed by atoms with Gasteiger partial charge in [0.1, 0.15) is 19.8 Å². The van der Waals surface area contributed by atoms with E-state index in [1.165, 1.54) is 12.3 Å². The highest BCUT2D eigenvalue weighted by molar-refractivity contribution is 5.90. The molecule has 0 radical (unpaired) electrons. The Kier molecular flexibility index (Phi) is 4.52. The molecule has 1 aliphatic heterocycles. The number of rotatable bonds is 4. The number of carbonyl (C=O) groups excluding carboxylic acids is 1. The molecule has 136 valence electrons. The summed E-state index contributed by atoms with van der Waals surface area (Å²) < 4.78 is 12.2. The molecular formula is C19H16N4O4. The molecule has 27 heavy (non-hydrogen) atoms. The van der Waals surface area contributed by atoms with Crippen molar-refractivity contribution in [3.05, 3.63) is 65.2 Å². The minimum atomic E-state index is -0.364. The first kappa shape index (κ1) is 16.8. The molecule has 0 spiro atoms. The van der Waals surface area contributed by atoms with Gasteiger partial charge in [0, 0.05) is 17.8 Å². The highest BCUT2D eigenvalue weighted by Crippen LogP contribution is 2.33. The summed E-state index contributed by atoms with van der Waals surface area (Å²) in [7, 11) is 0. The third-order valence-corrected chi connectivity index (χ3v) is 3.94. The third kappa shape index (κ3) is 3.79. The Bertz CT molecular complexity index is 1030. The molecular weight excluding hydrogens is 348 g/mol. The number of hydrogen-bond donors (Lipinski definition) is 1. The molecule has 8 heteroatoms. The fourth-order valence-electron chi connectivity index (χ4n) is 2.69. The van der Waals surface area contributed by atoms with E-state index in [1.54, 1.807) is 36.5 Å². The Balaban J connectivity index is 1.56. The van der Waals surface area contributed by atoms with Crippen LogP contribution in [0.25, 0.3) is 11.3 Å². The lowest BCUT2D eigenvalue weighted by atomic mass is 10.1. The van der Waals surface area contributed by atoms with Crippen molar-refractivity contribution in [3.63, 3.8) is 0 Å². The van der Waals surface area contributed by atoms with E-state index in [1.807, 2.05) is 6.07 Å². The predicted octanol–water partition coefficient (Wildman–Crippen LogP) is 1.72. The molecule has 1 aliphatic rings. The van der Waals surface area contributed by atoms with Gasteiger partial charge in [-0.05, 0) is 36.4 Å². The number of nitrogens with zero attached hydrogens (tertiary/aromatic N) is 3. The number of anilines is 1. The second-order valence-electron chi connectivity index (χ2n) is 5.86. The fourth-order valence-corrected chi connectivity index (χ4v) is 2.69. The number of pyridine rings is 1. The minimum Gasteiger partial charge on any atom is -0.486 e. The van der Waals surface area contributed by atoms with Gasteiger partial charge in [0.15, 0.2) is 11.5 Å². The van der Waals surface area contributed by atoms with Crippen molar-refractivity contribution in [1.82, 2.24) is 14.8 Å². The van der Waals surface area contributed by atoms with Crippen LogP contribution >= 0.6 is 0 Å². The average Bonchev–Trinajstić information content (AvgIpc) is 2.70. The van der Waals surface area contributed by atoms with E-state index in [4.69, 9.17) is 9.47 Å². The van der Waals surface area contributed by atoms with Crippen LogP contribution in [0.2, 0.25) is 0 Å². The molecule has 3 aromatic rings. The lowest BCUT2D eigenvalue weighted by molar-refractivity contribution is -0.117. The fraction of sp³-hybridized carbons (Fsp3) is 0.158. The van der Waals surface area contributed by atoms with Crippen LogP contribution in [0.15, 0.2) is 59.7 Å². The summed E-state index contributed by atoms with van der Waals surface area (Å²) in [6, 6.07) is 11.9. The van der Waals surface area contributed by atoms with Gasteiger partial charge in [-0.15, -0.1) is 0 Å². The summed E-state index contributed by atoms with van der Waals surface area (Å²) in [5, 5.41) is 6.98. The number of benzene rings is 1. The van der Waals surface area contributed by atoms with Crippen molar-refractivity contribution in [2.45, 2.75) is 6.54 Å². The number of fused-ring (bicyclic) bond motifs is 1. The topological polar surface area (TPSA) is 95.3 Å². The lowest BCUT2D eigenvalue weighted by Gasteiger charge is -2.18. The van der Waals surface area contributed by atoms with Gasteiger partial charge < -0.3 is 14.8 Å². The first-order chi connectivity index (χ1) is 13.2. The van der Waals surface area contributed by atoms with E-state index in [0.717, 1.165) is 10.2 Å². The molecule has 3 heterocycles. The molecule has 1 aromatic carbocycles. The summed E-state index contributed by atoms with van der Waals surface area (Å²) in [5.41, 5.74) is 1.51. The Morgan fingerprint density at radius 1 is 1.11 bits per heavy atom. The lowest BCUT2D eigenvalue weighted by Crippen LogP contribution is -2.29. The van der Waals surface area contributed by atoms with Crippen LogP contribution in [0.4, 0.5) is 5.69 Å². The Hall–Kier alpha value is -3.68. The molecule has 4 rings (SSSR count).